The Morgan fingerprint density at radius 1 is 0.952 bits per heavy atom. The van der Waals surface area contributed by atoms with Crippen molar-refractivity contribution in [1.82, 2.24) is 9.55 Å². The SMILES string of the molecule is CSc1nc(-c2ccccc2)cc(=O)n1-c1ccccc1. The Morgan fingerprint density at radius 2 is 1.57 bits per heavy atom. The minimum atomic E-state index is -0.0700. The molecule has 0 bridgehead atoms. The number of para-hydroxylation sites is 1. The molecule has 1 aromatic heterocycles. The first-order valence-electron chi connectivity index (χ1n) is 6.58. The molecule has 3 rings (SSSR count). The van der Waals surface area contributed by atoms with Crippen molar-refractivity contribution in [3.05, 3.63) is 77.1 Å². The van der Waals surface area contributed by atoms with Gasteiger partial charge in [-0.05, 0) is 18.4 Å². The van der Waals surface area contributed by atoms with Crippen LogP contribution in [0.25, 0.3) is 16.9 Å². The van der Waals surface area contributed by atoms with E-state index in [-0.39, 0.29) is 5.56 Å². The molecule has 0 N–H and O–H groups in total. The highest BCUT2D eigenvalue weighted by molar-refractivity contribution is 7.98. The first-order valence-corrected chi connectivity index (χ1v) is 7.81. The maximum atomic E-state index is 12.5. The maximum absolute atomic E-state index is 12.5. The van der Waals surface area contributed by atoms with Gasteiger partial charge in [0.2, 0.25) is 0 Å². The first kappa shape index (κ1) is 13.6. The van der Waals surface area contributed by atoms with E-state index in [9.17, 15) is 4.79 Å². The number of thioether (sulfide) groups is 1. The molecule has 2 aromatic carbocycles. The third-order valence-electron chi connectivity index (χ3n) is 3.15. The number of nitrogens with zero attached hydrogens (tertiary/aromatic N) is 2. The van der Waals surface area contributed by atoms with Gasteiger partial charge in [-0.3, -0.25) is 9.36 Å². The van der Waals surface area contributed by atoms with E-state index in [1.807, 2.05) is 66.9 Å². The van der Waals surface area contributed by atoms with Gasteiger partial charge in [0, 0.05) is 11.6 Å². The van der Waals surface area contributed by atoms with E-state index < -0.39 is 0 Å². The van der Waals surface area contributed by atoms with Gasteiger partial charge in [-0.25, -0.2) is 4.98 Å². The maximum Gasteiger partial charge on any atom is 0.259 e. The zero-order valence-corrected chi connectivity index (χ0v) is 12.4. The van der Waals surface area contributed by atoms with Gasteiger partial charge in [0.15, 0.2) is 5.16 Å². The Kier molecular flexibility index (Phi) is 3.88. The second-order valence-electron chi connectivity index (χ2n) is 4.50. The van der Waals surface area contributed by atoms with Crippen molar-refractivity contribution in [2.45, 2.75) is 5.16 Å². The van der Waals surface area contributed by atoms with Crippen molar-refractivity contribution < 1.29 is 0 Å². The van der Waals surface area contributed by atoms with Crippen LogP contribution in [0.5, 0.6) is 0 Å². The van der Waals surface area contributed by atoms with Crippen LogP contribution in [0.15, 0.2) is 76.7 Å². The molecule has 0 aliphatic carbocycles. The van der Waals surface area contributed by atoms with Crippen LogP contribution in [0, 0.1) is 0 Å². The Labute approximate surface area is 127 Å². The minimum absolute atomic E-state index is 0.0700. The molecule has 0 spiro atoms. The zero-order valence-electron chi connectivity index (χ0n) is 11.6. The summed E-state index contributed by atoms with van der Waals surface area (Å²) in [5.41, 5.74) is 2.42. The van der Waals surface area contributed by atoms with Gasteiger partial charge in [-0.2, -0.15) is 0 Å². The molecule has 0 atom stereocenters. The smallest absolute Gasteiger partial charge is 0.259 e. The molecule has 104 valence electrons. The lowest BCUT2D eigenvalue weighted by molar-refractivity contribution is 0.802. The van der Waals surface area contributed by atoms with E-state index in [2.05, 4.69) is 4.98 Å². The third kappa shape index (κ3) is 2.76. The number of hydrogen-bond donors (Lipinski definition) is 0. The summed E-state index contributed by atoms with van der Waals surface area (Å²) in [5.74, 6) is 0. The number of rotatable bonds is 3. The fraction of sp³-hybridized carbons (Fsp3) is 0.0588. The van der Waals surface area contributed by atoms with E-state index >= 15 is 0 Å². The summed E-state index contributed by atoms with van der Waals surface area (Å²) in [6.07, 6.45) is 1.93. The standard InChI is InChI=1S/C17H14N2OS/c1-21-17-18-15(13-8-4-2-5-9-13)12-16(20)19(17)14-10-6-3-7-11-14/h2-12H,1H3. The van der Waals surface area contributed by atoms with E-state index in [1.165, 1.54) is 11.8 Å². The topological polar surface area (TPSA) is 34.9 Å². The molecule has 1 heterocycles. The number of hydrogen-bond acceptors (Lipinski definition) is 3. The van der Waals surface area contributed by atoms with Crippen LogP contribution in [0.2, 0.25) is 0 Å². The third-order valence-corrected chi connectivity index (χ3v) is 3.79. The zero-order chi connectivity index (χ0) is 14.7. The molecule has 0 fully saturated rings. The average Bonchev–Trinajstić information content (AvgIpc) is 2.55. The summed E-state index contributed by atoms with van der Waals surface area (Å²) < 4.78 is 1.64. The summed E-state index contributed by atoms with van der Waals surface area (Å²) >= 11 is 1.47. The van der Waals surface area contributed by atoms with Crippen LogP contribution in [-0.4, -0.2) is 15.8 Å². The fourth-order valence-electron chi connectivity index (χ4n) is 2.17. The molecule has 0 saturated carbocycles. The summed E-state index contributed by atoms with van der Waals surface area (Å²) in [7, 11) is 0. The molecule has 0 aliphatic rings. The fourth-order valence-corrected chi connectivity index (χ4v) is 2.74. The second-order valence-corrected chi connectivity index (χ2v) is 5.28. The molecule has 21 heavy (non-hydrogen) atoms. The van der Waals surface area contributed by atoms with Gasteiger partial charge in [0.05, 0.1) is 11.4 Å². The molecular formula is C17H14N2OS. The van der Waals surface area contributed by atoms with Crippen LogP contribution in [0.4, 0.5) is 0 Å². The van der Waals surface area contributed by atoms with Crippen molar-refractivity contribution in [2.75, 3.05) is 6.26 Å². The van der Waals surface area contributed by atoms with Crippen molar-refractivity contribution in [1.29, 1.82) is 0 Å². The van der Waals surface area contributed by atoms with Gasteiger partial charge < -0.3 is 0 Å². The van der Waals surface area contributed by atoms with Crippen molar-refractivity contribution in [3.63, 3.8) is 0 Å². The van der Waals surface area contributed by atoms with Gasteiger partial charge in [0.25, 0.3) is 5.56 Å². The van der Waals surface area contributed by atoms with Crippen molar-refractivity contribution in [3.8, 4) is 16.9 Å². The van der Waals surface area contributed by atoms with Crippen molar-refractivity contribution >= 4 is 11.8 Å². The molecule has 0 saturated heterocycles. The van der Waals surface area contributed by atoms with Crippen LogP contribution in [0.1, 0.15) is 0 Å². The van der Waals surface area contributed by atoms with E-state index in [0.717, 1.165) is 11.3 Å². The Morgan fingerprint density at radius 3 is 2.19 bits per heavy atom. The van der Waals surface area contributed by atoms with Gasteiger partial charge in [0.1, 0.15) is 0 Å². The molecule has 0 amide bonds. The summed E-state index contributed by atoms with van der Waals surface area (Å²) in [4.78, 5) is 17.1. The molecule has 3 aromatic rings. The van der Waals surface area contributed by atoms with Crippen LogP contribution >= 0.6 is 11.8 Å². The molecule has 0 radical (unpaired) electrons. The van der Waals surface area contributed by atoms with Crippen LogP contribution in [-0.2, 0) is 0 Å². The quantitative estimate of drug-likeness (QED) is 0.546. The highest BCUT2D eigenvalue weighted by Gasteiger charge is 2.10. The van der Waals surface area contributed by atoms with E-state index in [4.69, 9.17) is 0 Å². The largest absolute Gasteiger partial charge is 0.269 e. The van der Waals surface area contributed by atoms with Crippen molar-refractivity contribution in [2.24, 2.45) is 0 Å². The summed E-state index contributed by atoms with van der Waals surface area (Å²) in [5, 5.41) is 0.688. The Balaban J connectivity index is 2.19. The lowest BCUT2D eigenvalue weighted by Gasteiger charge is -2.11. The first-order chi connectivity index (χ1) is 10.3. The van der Waals surface area contributed by atoms with Gasteiger partial charge in [-0.1, -0.05) is 60.3 Å². The minimum Gasteiger partial charge on any atom is -0.269 e. The van der Waals surface area contributed by atoms with Gasteiger partial charge >= 0.3 is 0 Å². The average molecular weight is 294 g/mol. The highest BCUT2D eigenvalue weighted by Crippen LogP contribution is 2.20. The molecular weight excluding hydrogens is 280 g/mol. The molecule has 3 nitrogen and oxygen atoms in total. The highest BCUT2D eigenvalue weighted by atomic mass is 32.2. The molecule has 0 unspecified atom stereocenters. The molecule has 0 aliphatic heterocycles. The van der Waals surface area contributed by atoms with E-state index in [1.54, 1.807) is 10.6 Å². The lowest BCUT2D eigenvalue weighted by atomic mass is 10.1. The van der Waals surface area contributed by atoms with Crippen LogP contribution in [0.3, 0.4) is 0 Å². The Bertz CT molecular complexity index is 798. The lowest BCUT2D eigenvalue weighted by Crippen LogP contribution is -2.20. The summed E-state index contributed by atoms with van der Waals surface area (Å²) in [6, 6.07) is 20.9. The Hall–Kier alpha value is -2.33. The monoisotopic (exact) mass is 294 g/mol. The number of aromatic nitrogens is 2. The van der Waals surface area contributed by atoms with Gasteiger partial charge in [-0.15, -0.1) is 0 Å². The normalized spacial score (nSPS) is 10.5. The van der Waals surface area contributed by atoms with E-state index in [0.29, 0.717) is 10.9 Å². The summed E-state index contributed by atoms with van der Waals surface area (Å²) in [6.45, 7) is 0. The van der Waals surface area contributed by atoms with Crippen LogP contribution < -0.4 is 5.56 Å². The second kappa shape index (κ2) is 5.97. The predicted octanol–water partition coefficient (Wildman–Crippen LogP) is 3.62. The number of benzene rings is 2. The molecule has 4 heteroatoms. The predicted molar refractivity (Wildman–Crippen MR) is 87.1 cm³/mol.